The maximum Gasteiger partial charge on any atom is 0.307 e. The Bertz CT molecular complexity index is 268. The molecule has 68 valence electrons. The van der Waals surface area contributed by atoms with Crippen molar-refractivity contribution in [3.63, 3.8) is 0 Å². The Morgan fingerprint density at radius 1 is 1.42 bits per heavy atom. The van der Waals surface area contributed by atoms with Crippen molar-refractivity contribution in [1.29, 1.82) is 0 Å². The van der Waals surface area contributed by atoms with E-state index >= 15 is 0 Å². The molecule has 0 unspecified atom stereocenters. The number of hydrogen-bond acceptors (Lipinski definition) is 2. The summed E-state index contributed by atoms with van der Waals surface area (Å²) in [6, 6.07) is 0. The lowest BCUT2D eigenvalue weighted by molar-refractivity contribution is 0.597. The minimum absolute atomic E-state index is 0.140. The summed E-state index contributed by atoms with van der Waals surface area (Å²) >= 11 is 6.78. The molecule has 0 saturated heterocycles. The van der Waals surface area contributed by atoms with Crippen molar-refractivity contribution in [1.82, 2.24) is 4.57 Å². The first kappa shape index (κ1) is 9.81. The summed E-state index contributed by atoms with van der Waals surface area (Å²) in [5.74, 6) is 0.721. The van der Waals surface area contributed by atoms with Gasteiger partial charge in [-0.1, -0.05) is 17.8 Å². The van der Waals surface area contributed by atoms with E-state index in [1.165, 1.54) is 11.3 Å². The molecule has 1 aromatic heterocycles. The SMILES string of the molecule is O=c1sccn1CCCCCCl. The molecule has 0 amide bonds. The molecular formula is C8H12ClNOS. The van der Waals surface area contributed by atoms with Crippen LogP contribution in [0.1, 0.15) is 19.3 Å². The summed E-state index contributed by atoms with van der Waals surface area (Å²) < 4.78 is 1.75. The Morgan fingerprint density at radius 3 is 2.83 bits per heavy atom. The van der Waals surface area contributed by atoms with Gasteiger partial charge < -0.3 is 4.57 Å². The molecule has 1 rings (SSSR count). The first-order valence-electron chi connectivity index (χ1n) is 4.04. The highest BCUT2D eigenvalue weighted by atomic mass is 35.5. The molecule has 0 atom stereocenters. The van der Waals surface area contributed by atoms with Crippen molar-refractivity contribution in [2.45, 2.75) is 25.8 Å². The molecule has 0 spiro atoms. The van der Waals surface area contributed by atoms with Crippen LogP contribution in [0.2, 0.25) is 0 Å². The third-order valence-corrected chi connectivity index (χ3v) is 2.64. The van der Waals surface area contributed by atoms with Crippen molar-refractivity contribution in [2.75, 3.05) is 5.88 Å². The molecule has 1 heterocycles. The van der Waals surface area contributed by atoms with E-state index in [9.17, 15) is 4.79 Å². The summed E-state index contributed by atoms with van der Waals surface area (Å²) in [7, 11) is 0. The van der Waals surface area contributed by atoms with Crippen molar-refractivity contribution >= 4 is 22.9 Å². The fourth-order valence-electron chi connectivity index (χ4n) is 1.01. The predicted molar refractivity (Wildman–Crippen MR) is 53.2 cm³/mol. The first-order valence-corrected chi connectivity index (χ1v) is 5.46. The van der Waals surface area contributed by atoms with Gasteiger partial charge in [0.05, 0.1) is 0 Å². The Balaban J connectivity index is 2.24. The third-order valence-electron chi connectivity index (χ3n) is 1.68. The Kier molecular flexibility index (Phi) is 4.40. The second-order valence-corrected chi connectivity index (χ2v) is 3.85. The molecule has 0 aliphatic rings. The highest BCUT2D eigenvalue weighted by molar-refractivity contribution is 7.07. The van der Waals surface area contributed by atoms with Crippen LogP contribution in [0.25, 0.3) is 0 Å². The van der Waals surface area contributed by atoms with Crippen LogP contribution in [0, 0.1) is 0 Å². The van der Waals surface area contributed by atoms with E-state index in [1.807, 2.05) is 11.6 Å². The molecule has 0 N–H and O–H groups in total. The second kappa shape index (κ2) is 5.38. The Labute approximate surface area is 80.8 Å². The maximum atomic E-state index is 11.0. The number of unbranched alkanes of at least 4 members (excludes halogenated alkanes) is 2. The largest absolute Gasteiger partial charge is 0.307 e. The van der Waals surface area contributed by atoms with E-state index in [1.54, 1.807) is 4.57 Å². The van der Waals surface area contributed by atoms with Crippen molar-refractivity contribution in [3.8, 4) is 0 Å². The van der Waals surface area contributed by atoms with E-state index < -0.39 is 0 Å². The number of halogens is 1. The van der Waals surface area contributed by atoms with Crippen molar-refractivity contribution in [3.05, 3.63) is 21.2 Å². The van der Waals surface area contributed by atoms with Crippen molar-refractivity contribution < 1.29 is 0 Å². The fourth-order valence-corrected chi connectivity index (χ4v) is 1.81. The van der Waals surface area contributed by atoms with Gasteiger partial charge in [-0.05, 0) is 12.8 Å². The smallest absolute Gasteiger partial charge is 0.306 e. The van der Waals surface area contributed by atoms with Crippen LogP contribution in [0.3, 0.4) is 0 Å². The zero-order valence-electron chi connectivity index (χ0n) is 6.83. The monoisotopic (exact) mass is 205 g/mol. The summed E-state index contributed by atoms with van der Waals surface area (Å²) in [6.45, 7) is 0.833. The van der Waals surface area contributed by atoms with Gasteiger partial charge in [0.2, 0.25) is 0 Å². The van der Waals surface area contributed by atoms with Crippen LogP contribution in [-0.2, 0) is 6.54 Å². The molecule has 0 fully saturated rings. The topological polar surface area (TPSA) is 22.0 Å². The van der Waals surface area contributed by atoms with E-state index in [0.29, 0.717) is 0 Å². The molecule has 0 bridgehead atoms. The molecule has 0 saturated carbocycles. The second-order valence-electron chi connectivity index (χ2n) is 2.61. The average molecular weight is 206 g/mol. The van der Waals surface area contributed by atoms with Gasteiger partial charge in [0.1, 0.15) is 0 Å². The minimum Gasteiger partial charge on any atom is -0.306 e. The van der Waals surface area contributed by atoms with E-state index in [2.05, 4.69) is 0 Å². The maximum absolute atomic E-state index is 11.0. The number of hydrogen-bond donors (Lipinski definition) is 0. The van der Waals surface area contributed by atoms with E-state index in [0.717, 1.165) is 31.7 Å². The van der Waals surface area contributed by atoms with Crippen LogP contribution < -0.4 is 4.87 Å². The van der Waals surface area contributed by atoms with Crippen LogP contribution >= 0.6 is 22.9 Å². The highest BCUT2D eigenvalue weighted by Crippen LogP contribution is 1.99. The van der Waals surface area contributed by atoms with E-state index in [-0.39, 0.29) is 4.87 Å². The fraction of sp³-hybridized carbons (Fsp3) is 0.625. The van der Waals surface area contributed by atoms with Crippen LogP contribution in [-0.4, -0.2) is 10.4 Å². The summed E-state index contributed by atoms with van der Waals surface area (Å²) in [5.41, 5.74) is 0. The van der Waals surface area contributed by atoms with Gasteiger partial charge in [-0.2, -0.15) is 0 Å². The molecule has 0 aliphatic carbocycles. The lowest BCUT2D eigenvalue weighted by Gasteiger charge is -1.98. The van der Waals surface area contributed by atoms with Gasteiger partial charge in [0.25, 0.3) is 0 Å². The number of rotatable bonds is 5. The first-order chi connectivity index (χ1) is 5.84. The lowest BCUT2D eigenvalue weighted by Crippen LogP contribution is -2.11. The number of aryl methyl sites for hydroxylation is 1. The standard InChI is InChI=1S/C8H12ClNOS/c9-4-2-1-3-5-10-6-7-12-8(10)11/h6-7H,1-5H2. The third kappa shape index (κ3) is 2.99. The molecule has 0 radical (unpaired) electrons. The summed E-state index contributed by atoms with van der Waals surface area (Å²) in [5, 5.41) is 1.82. The van der Waals surface area contributed by atoms with Crippen LogP contribution in [0.4, 0.5) is 0 Å². The number of nitrogens with zero attached hydrogens (tertiary/aromatic N) is 1. The summed E-state index contributed by atoms with van der Waals surface area (Å²) in [4.78, 5) is 11.2. The van der Waals surface area contributed by atoms with Crippen molar-refractivity contribution in [2.24, 2.45) is 0 Å². The highest BCUT2D eigenvalue weighted by Gasteiger charge is 1.95. The molecule has 1 aromatic rings. The van der Waals surface area contributed by atoms with Crippen LogP contribution in [0.5, 0.6) is 0 Å². The summed E-state index contributed by atoms with van der Waals surface area (Å²) in [6.07, 6.45) is 5.03. The van der Waals surface area contributed by atoms with E-state index in [4.69, 9.17) is 11.6 Å². The number of aromatic nitrogens is 1. The number of alkyl halides is 1. The molecule has 0 aromatic carbocycles. The van der Waals surface area contributed by atoms with Gasteiger partial charge in [0.15, 0.2) is 0 Å². The zero-order chi connectivity index (χ0) is 8.81. The molecular weight excluding hydrogens is 194 g/mol. The Hall–Kier alpha value is -0.280. The normalized spacial score (nSPS) is 10.4. The van der Waals surface area contributed by atoms with Gasteiger partial charge in [-0.3, -0.25) is 4.79 Å². The van der Waals surface area contributed by atoms with Gasteiger partial charge in [-0.15, -0.1) is 11.6 Å². The van der Waals surface area contributed by atoms with Gasteiger partial charge >= 0.3 is 4.87 Å². The van der Waals surface area contributed by atoms with Crippen LogP contribution in [0.15, 0.2) is 16.4 Å². The lowest BCUT2D eigenvalue weighted by atomic mass is 10.2. The molecule has 2 nitrogen and oxygen atoms in total. The Morgan fingerprint density at radius 2 is 2.25 bits per heavy atom. The number of thiazole rings is 1. The average Bonchev–Trinajstić information content (AvgIpc) is 2.46. The molecule has 4 heteroatoms. The zero-order valence-corrected chi connectivity index (χ0v) is 8.40. The molecule has 12 heavy (non-hydrogen) atoms. The predicted octanol–water partition coefficient (Wildman–Crippen LogP) is 2.32. The minimum atomic E-state index is 0.140. The molecule has 0 aliphatic heterocycles. The quantitative estimate of drug-likeness (QED) is 0.534. The van der Waals surface area contributed by atoms with Gasteiger partial charge in [0, 0.05) is 24.0 Å². The van der Waals surface area contributed by atoms with Gasteiger partial charge in [-0.25, -0.2) is 0 Å².